The molecule has 2 aliphatic heterocycles. The zero-order valence-corrected chi connectivity index (χ0v) is 14.5. The topological polar surface area (TPSA) is 41.6 Å². The number of carbonyl (C=O) groups excluding carboxylic acids is 1. The number of amides is 1. The van der Waals surface area contributed by atoms with E-state index in [1.807, 2.05) is 25.2 Å². The molecule has 1 N–H and O–H groups in total. The summed E-state index contributed by atoms with van der Waals surface area (Å²) >= 11 is 1.88. The number of hydrogen-bond donors (Lipinski definition) is 1. The van der Waals surface area contributed by atoms with Crippen LogP contribution in [0.5, 0.6) is 0 Å². The predicted molar refractivity (Wildman–Crippen MR) is 89.0 cm³/mol. The number of nitrogens with zero attached hydrogens (tertiary/aromatic N) is 1. The van der Waals surface area contributed by atoms with E-state index in [2.05, 4.69) is 29.3 Å². The predicted octanol–water partition coefficient (Wildman–Crippen LogP) is 2.56. The van der Waals surface area contributed by atoms with Crippen molar-refractivity contribution in [1.29, 1.82) is 0 Å². The monoisotopic (exact) mass is 322 g/mol. The van der Waals surface area contributed by atoms with Crippen LogP contribution in [-0.2, 0) is 16.1 Å². The molecule has 1 amide bonds. The largest absolute Gasteiger partial charge is 0.373 e. The summed E-state index contributed by atoms with van der Waals surface area (Å²) in [6.45, 7) is 9.28. The van der Waals surface area contributed by atoms with Crippen LogP contribution in [0.25, 0.3) is 0 Å². The minimum absolute atomic E-state index is 0.111. The number of rotatable bonds is 5. The average molecular weight is 322 g/mol. The number of hydrogen-bond acceptors (Lipinski definition) is 4. The van der Waals surface area contributed by atoms with Crippen LogP contribution in [0.2, 0.25) is 0 Å². The van der Waals surface area contributed by atoms with Gasteiger partial charge in [-0.1, -0.05) is 0 Å². The van der Waals surface area contributed by atoms with Gasteiger partial charge in [-0.3, -0.25) is 9.69 Å². The van der Waals surface area contributed by atoms with Crippen LogP contribution in [0.3, 0.4) is 0 Å². The van der Waals surface area contributed by atoms with Gasteiger partial charge in [0.1, 0.15) is 0 Å². The van der Waals surface area contributed by atoms with E-state index < -0.39 is 0 Å². The van der Waals surface area contributed by atoms with Crippen LogP contribution in [0.15, 0.2) is 12.1 Å². The number of likely N-dealkylation sites (tertiary alicyclic amines) is 1. The number of thiophene rings is 1. The van der Waals surface area contributed by atoms with Gasteiger partial charge in [-0.05, 0) is 39.3 Å². The smallest absolute Gasteiger partial charge is 0.222 e. The van der Waals surface area contributed by atoms with Crippen LogP contribution in [-0.4, -0.2) is 42.1 Å². The Morgan fingerprint density at radius 2 is 2.27 bits per heavy atom. The van der Waals surface area contributed by atoms with Crippen molar-refractivity contribution >= 4 is 17.2 Å². The number of fused-ring (bicyclic) bond motifs is 1. The molecule has 3 atom stereocenters. The maximum absolute atomic E-state index is 11.8. The van der Waals surface area contributed by atoms with Crippen molar-refractivity contribution in [1.82, 2.24) is 10.2 Å². The second-order valence-electron chi connectivity index (χ2n) is 6.93. The maximum Gasteiger partial charge on any atom is 0.222 e. The van der Waals surface area contributed by atoms with Crippen LogP contribution in [0, 0.1) is 12.8 Å². The van der Waals surface area contributed by atoms with Crippen molar-refractivity contribution in [2.24, 2.45) is 5.92 Å². The van der Waals surface area contributed by atoms with Crippen LogP contribution < -0.4 is 5.32 Å². The van der Waals surface area contributed by atoms with E-state index in [1.54, 1.807) is 0 Å². The molecule has 122 valence electrons. The SMILES string of the molecule is Cc1ccc(CN2C[C@H]3C[C@@H](CC(=O)NC(C)C)O[C@H]3C2)s1. The lowest BCUT2D eigenvalue weighted by molar-refractivity contribution is -0.124. The molecule has 0 aromatic carbocycles. The van der Waals surface area contributed by atoms with Crippen LogP contribution in [0.4, 0.5) is 0 Å². The second-order valence-corrected chi connectivity index (χ2v) is 8.30. The highest BCUT2D eigenvalue weighted by molar-refractivity contribution is 7.11. The van der Waals surface area contributed by atoms with Crippen molar-refractivity contribution in [2.75, 3.05) is 13.1 Å². The van der Waals surface area contributed by atoms with Crippen LogP contribution >= 0.6 is 11.3 Å². The number of nitrogens with one attached hydrogen (secondary N) is 1. The molecule has 2 aliphatic rings. The molecule has 5 heteroatoms. The minimum atomic E-state index is 0.111. The second kappa shape index (κ2) is 6.69. The summed E-state index contributed by atoms with van der Waals surface area (Å²) in [7, 11) is 0. The quantitative estimate of drug-likeness (QED) is 0.906. The Bertz CT molecular complexity index is 514. The molecule has 4 nitrogen and oxygen atoms in total. The molecule has 3 rings (SSSR count). The molecule has 2 fully saturated rings. The molecular formula is C17H26N2O2S. The Hall–Kier alpha value is -0.910. The summed E-state index contributed by atoms with van der Waals surface area (Å²) in [6.07, 6.45) is 1.96. The molecule has 1 aromatic rings. The highest BCUT2D eigenvalue weighted by Gasteiger charge is 2.42. The van der Waals surface area contributed by atoms with Crippen molar-refractivity contribution in [3.8, 4) is 0 Å². The number of carbonyl (C=O) groups is 1. The molecule has 0 radical (unpaired) electrons. The normalized spacial score (nSPS) is 28.3. The van der Waals surface area contributed by atoms with E-state index in [1.165, 1.54) is 9.75 Å². The minimum Gasteiger partial charge on any atom is -0.373 e. The molecule has 2 saturated heterocycles. The lowest BCUT2D eigenvalue weighted by atomic mass is 10.0. The number of aryl methyl sites for hydroxylation is 1. The summed E-state index contributed by atoms with van der Waals surface area (Å²) < 4.78 is 6.11. The molecule has 0 spiro atoms. The fraction of sp³-hybridized carbons (Fsp3) is 0.706. The summed E-state index contributed by atoms with van der Waals surface area (Å²) in [5.41, 5.74) is 0. The standard InChI is InChI=1S/C17H26N2O2S/c1-11(2)18-17(20)7-14-6-13-8-19(10-16(13)21-14)9-15-5-4-12(3)22-15/h4-5,11,13-14,16H,6-10H2,1-3H3,(H,18,20)/t13-,14+,16+/m1/s1. The zero-order valence-electron chi connectivity index (χ0n) is 13.7. The van der Waals surface area contributed by atoms with Gasteiger partial charge >= 0.3 is 0 Å². The van der Waals surface area contributed by atoms with Crippen molar-refractivity contribution in [3.63, 3.8) is 0 Å². The van der Waals surface area contributed by atoms with Gasteiger partial charge in [0, 0.05) is 41.3 Å². The highest BCUT2D eigenvalue weighted by Crippen LogP contribution is 2.35. The van der Waals surface area contributed by atoms with Gasteiger partial charge < -0.3 is 10.1 Å². The molecule has 22 heavy (non-hydrogen) atoms. The summed E-state index contributed by atoms with van der Waals surface area (Å²) in [6, 6.07) is 4.63. The van der Waals surface area contributed by atoms with E-state index in [4.69, 9.17) is 4.74 Å². The van der Waals surface area contributed by atoms with E-state index >= 15 is 0 Å². The zero-order chi connectivity index (χ0) is 15.7. The van der Waals surface area contributed by atoms with E-state index in [9.17, 15) is 4.79 Å². The summed E-state index contributed by atoms with van der Waals surface area (Å²) in [5, 5.41) is 2.95. The molecule has 0 unspecified atom stereocenters. The first-order chi connectivity index (χ1) is 10.5. The van der Waals surface area contributed by atoms with Gasteiger partial charge in [-0.2, -0.15) is 0 Å². The van der Waals surface area contributed by atoms with Crippen molar-refractivity contribution in [3.05, 3.63) is 21.9 Å². The fourth-order valence-corrected chi connectivity index (χ4v) is 4.52. The molecule has 0 aliphatic carbocycles. The molecule has 3 heterocycles. The number of ether oxygens (including phenoxy) is 1. The Morgan fingerprint density at radius 1 is 1.45 bits per heavy atom. The van der Waals surface area contributed by atoms with Crippen molar-refractivity contribution in [2.45, 2.75) is 58.4 Å². The molecule has 1 aromatic heterocycles. The summed E-state index contributed by atoms with van der Waals surface area (Å²) in [5.74, 6) is 0.712. The first-order valence-corrected chi connectivity index (χ1v) is 9.03. The Labute approximate surface area is 136 Å². The Kier molecular flexibility index (Phi) is 4.85. The third-order valence-corrected chi connectivity index (χ3v) is 5.41. The lowest BCUT2D eigenvalue weighted by Gasteiger charge is -2.18. The van der Waals surface area contributed by atoms with Gasteiger partial charge in [0.2, 0.25) is 5.91 Å². The van der Waals surface area contributed by atoms with Crippen molar-refractivity contribution < 1.29 is 9.53 Å². The maximum atomic E-state index is 11.8. The van der Waals surface area contributed by atoms with Gasteiger partial charge in [0.15, 0.2) is 0 Å². The Morgan fingerprint density at radius 3 is 2.91 bits per heavy atom. The van der Waals surface area contributed by atoms with Crippen LogP contribution in [0.1, 0.15) is 36.4 Å². The van der Waals surface area contributed by atoms with Gasteiger partial charge in [-0.15, -0.1) is 11.3 Å². The molecule has 0 bridgehead atoms. The Balaban J connectivity index is 1.45. The van der Waals surface area contributed by atoms with Gasteiger partial charge in [0.05, 0.1) is 18.6 Å². The summed E-state index contributed by atoms with van der Waals surface area (Å²) in [4.78, 5) is 17.1. The first kappa shape index (κ1) is 16.0. The molecular weight excluding hydrogens is 296 g/mol. The lowest BCUT2D eigenvalue weighted by Crippen LogP contribution is -2.33. The first-order valence-electron chi connectivity index (χ1n) is 8.22. The van der Waals surface area contributed by atoms with Gasteiger partial charge in [-0.25, -0.2) is 0 Å². The fourth-order valence-electron chi connectivity index (χ4n) is 3.59. The molecule has 0 saturated carbocycles. The highest BCUT2D eigenvalue weighted by atomic mass is 32.1. The van der Waals surface area contributed by atoms with E-state index in [-0.39, 0.29) is 18.1 Å². The average Bonchev–Trinajstić information content (AvgIpc) is 3.03. The van der Waals surface area contributed by atoms with Gasteiger partial charge in [0.25, 0.3) is 0 Å². The third kappa shape index (κ3) is 3.89. The van der Waals surface area contributed by atoms with E-state index in [0.29, 0.717) is 18.4 Å². The third-order valence-electron chi connectivity index (χ3n) is 4.43. The van der Waals surface area contributed by atoms with E-state index in [0.717, 1.165) is 26.1 Å².